The first-order chi connectivity index (χ1) is 17.0. The maximum Gasteiger partial charge on any atom is 0.490 e. The highest BCUT2D eigenvalue weighted by Gasteiger charge is 2.38. The molecule has 0 saturated carbocycles. The Bertz CT molecular complexity index is 1290. The molecule has 7 N–H and O–H groups in total. The van der Waals surface area contributed by atoms with E-state index in [1.807, 2.05) is 0 Å². The monoisotopic (exact) mass is 662 g/mol. The van der Waals surface area contributed by atoms with Crippen LogP contribution in [-0.4, -0.2) is 55.3 Å². The van der Waals surface area contributed by atoms with Crippen LogP contribution in [0.4, 0.5) is 18.9 Å². The molecule has 0 fully saturated rings. The quantitative estimate of drug-likeness (QED) is 0.0833. The third-order valence-electron chi connectivity index (χ3n) is 3.99. The van der Waals surface area contributed by atoms with E-state index in [4.69, 9.17) is 26.2 Å². The molecule has 2 aromatic rings. The Labute approximate surface area is 221 Å². The number of carbonyl (C=O) groups is 2. The third kappa shape index (κ3) is 10.9. The molecular formula is C19H22F3IN6O7S. The Morgan fingerprint density at radius 1 is 1.16 bits per heavy atom. The number of hydrogen-bond donors (Lipinski definition) is 5. The number of benzene rings is 1. The number of rotatable bonds is 9. The fourth-order valence-electron chi connectivity index (χ4n) is 2.32. The molecule has 0 spiro atoms. The van der Waals surface area contributed by atoms with E-state index in [9.17, 15) is 31.2 Å². The van der Waals surface area contributed by atoms with E-state index < -0.39 is 33.6 Å². The van der Waals surface area contributed by atoms with Crippen LogP contribution < -0.4 is 27.1 Å². The molecule has 1 aromatic heterocycles. The molecule has 0 saturated heterocycles. The van der Waals surface area contributed by atoms with Gasteiger partial charge in [-0.3, -0.25) is 14.3 Å². The highest BCUT2D eigenvalue weighted by atomic mass is 127. The molecule has 1 heterocycles. The SMILES string of the molecule is Cc1ccc(NS(=O)(=O)c2ccc(I)cc2)c(=O)n1CC(=O)NCCON=C(N)N.O=C(O)C(F)(F)F. The summed E-state index contributed by atoms with van der Waals surface area (Å²) in [6.45, 7) is 1.48. The predicted octanol–water partition coefficient (Wildman–Crippen LogP) is 0.517. The number of carbonyl (C=O) groups excluding carboxylic acids is 1. The zero-order chi connectivity index (χ0) is 28.4. The minimum absolute atomic E-state index is 0.0213. The van der Waals surface area contributed by atoms with Crippen molar-refractivity contribution in [3.05, 3.63) is 56.0 Å². The summed E-state index contributed by atoms with van der Waals surface area (Å²) in [7, 11) is -3.95. The molecule has 0 aliphatic rings. The Balaban J connectivity index is 0.000000856. The van der Waals surface area contributed by atoms with Crippen molar-refractivity contribution in [1.29, 1.82) is 0 Å². The molecule has 1 amide bonds. The van der Waals surface area contributed by atoms with E-state index in [-0.39, 0.29) is 36.2 Å². The molecule has 0 unspecified atom stereocenters. The minimum Gasteiger partial charge on any atom is -0.475 e. The van der Waals surface area contributed by atoms with Crippen LogP contribution in [0, 0.1) is 10.5 Å². The average Bonchev–Trinajstić information content (AvgIpc) is 2.78. The van der Waals surface area contributed by atoms with Crippen LogP contribution >= 0.6 is 22.6 Å². The fourth-order valence-corrected chi connectivity index (χ4v) is 3.73. The summed E-state index contributed by atoms with van der Waals surface area (Å²) in [5, 5.41) is 13.0. The van der Waals surface area contributed by atoms with Gasteiger partial charge in [-0.05, 0) is 71.1 Å². The fraction of sp³-hybridized carbons (Fsp3) is 0.263. The van der Waals surface area contributed by atoms with E-state index in [1.54, 1.807) is 25.1 Å². The van der Waals surface area contributed by atoms with Crippen molar-refractivity contribution in [3.63, 3.8) is 0 Å². The highest BCUT2D eigenvalue weighted by molar-refractivity contribution is 14.1. The van der Waals surface area contributed by atoms with Gasteiger partial charge in [0.05, 0.1) is 11.4 Å². The van der Waals surface area contributed by atoms with Gasteiger partial charge in [0.15, 0.2) is 0 Å². The summed E-state index contributed by atoms with van der Waals surface area (Å²) >= 11 is 2.06. The Morgan fingerprint density at radius 2 is 1.73 bits per heavy atom. The number of halogens is 4. The number of oxime groups is 1. The second kappa shape index (κ2) is 13.7. The lowest BCUT2D eigenvalue weighted by Crippen LogP contribution is -2.36. The van der Waals surface area contributed by atoms with Crippen LogP contribution in [0.3, 0.4) is 0 Å². The zero-order valence-corrected chi connectivity index (χ0v) is 21.9. The number of carboxylic acids is 1. The van der Waals surface area contributed by atoms with Crippen LogP contribution in [0.15, 0.2) is 51.2 Å². The van der Waals surface area contributed by atoms with Crippen LogP contribution in [-0.2, 0) is 31.0 Å². The number of carboxylic acid groups (broad SMARTS) is 1. The van der Waals surface area contributed by atoms with Gasteiger partial charge in [-0.1, -0.05) is 0 Å². The van der Waals surface area contributed by atoms with Crippen molar-refractivity contribution >= 4 is 56.1 Å². The number of pyridine rings is 1. The second-order valence-electron chi connectivity index (χ2n) is 6.84. The third-order valence-corrected chi connectivity index (χ3v) is 6.09. The van der Waals surface area contributed by atoms with Gasteiger partial charge < -0.3 is 31.3 Å². The van der Waals surface area contributed by atoms with Gasteiger partial charge in [0.25, 0.3) is 15.6 Å². The number of hydrogen-bond acceptors (Lipinski definition) is 7. The number of nitrogens with zero attached hydrogens (tertiary/aromatic N) is 2. The molecular weight excluding hydrogens is 640 g/mol. The number of aryl methyl sites for hydroxylation is 1. The summed E-state index contributed by atoms with van der Waals surface area (Å²) in [4.78, 5) is 38.5. The first-order valence-electron chi connectivity index (χ1n) is 9.81. The number of nitrogens with one attached hydrogen (secondary N) is 2. The van der Waals surface area contributed by atoms with Gasteiger partial charge >= 0.3 is 12.1 Å². The number of alkyl halides is 3. The van der Waals surface area contributed by atoms with Crippen LogP contribution in [0.5, 0.6) is 0 Å². The van der Waals surface area contributed by atoms with E-state index in [1.165, 1.54) is 18.2 Å². The lowest BCUT2D eigenvalue weighted by molar-refractivity contribution is -0.192. The van der Waals surface area contributed by atoms with Crippen molar-refractivity contribution in [2.75, 3.05) is 17.9 Å². The molecule has 0 atom stereocenters. The van der Waals surface area contributed by atoms with Crippen molar-refractivity contribution in [1.82, 2.24) is 9.88 Å². The van der Waals surface area contributed by atoms with Gasteiger partial charge in [0, 0.05) is 9.26 Å². The standard InChI is InChI=1S/C17H21IN6O5S.C2HF3O2/c1-11-2-7-14(23-30(27,28)13-5-3-12(18)4-6-13)16(26)24(11)10-15(25)21-8-9-29-22-17(19)20;3-2(4,5)1(6)7/h2-7,23H,8-10H2,1H3,(H,21,25)(H4,19,20,22);(H,6,7). The first-order valence-corrected chi connectivity index (χ1v) is 12.4. The number of amides is 1. The van der Waals surface area contributed by atoms with Crippen molar-refractivity contribution < 1.29 is 41.1 Å². The molecule has 0 aliphatic carbocycles. The van der Waals surface area contributed by atoms with Crippen molar-refractivity contribution in [3.8, 4) is 0 Å². The topological polar surface area (TPSA) is 208 Å². The normalized spacial score (nSPS) is 10.9. The number of aliphatic carboxylic acids is 1. The van der Waals surface area contributed by atoms with Gasteiger partial charge in [0.2, 0.25) is 11.9 Å². The Hall–Kier alpha value is -3.55. The van der Waals surface area contributed by atoms with Gasteiger partial charge in [0.1, 0.15) is 18.8 Å². The average molecular weight is 662 g/mol. The lowest BCUT2D eigenvalue weighted by Gasteiger charge is -2.13. The maximum atomic E-state index is 12.7. The van der Waals surface area contributed by atoms with Crippen molar-refractivity contribution in [2.45, 2.75) is 24.5 Å². The van der Waals surface area contributed by atoms with Gasteiger partial charge in [-0.25, -0.2) is 13.2 Å². The zero-order valence-electron chi connectivity index (χ0n) is 19.0. The Kier molecular flexibility index (Phi) is 11.6. The first kappa shape index (κ1) is 31.5. The van der Waals surface area contributed by atoms with E-state index in [2.05, 4.69) is 37.8 Å². The summed E-state index contributed by atoms with van der Waals surface area (Å²) in [6.07, 6.45) is -5.08. The molecule has 0 bridgehead atoms. The lowest BCUT2D eigenvalue weighted by atomic mass is 10.3. The van der Waals surface area contributed by atoms with Crippen LogP contribution in [0.25, 0.3) is 0 Å². The molecule has 2 rings (SSSR count). The number of aromatic nitrogens is 1. The second-order valence-corrected chi connectivity index (χ2v) is 9.77. The number of guanidine groups is 1. The number of sulfonamides is 1. The largest absolute Gasteiger partial charge is 0.490 e. The number of nitrogens with two attached hydrogens (primary N) is 2. The molecule has 18 heteroatoms. The molecule has 37 heavy (non-hydrogen) atoms. The van der Waals surface area contributed by atoms with E-state index in [0.717, 1.165) is 8.14 Å². The molecule has 1 aromatic carbocycles. The molecule has 13 nitrogen and oxygen atoms in total. The van der Waals surface area contributed by atoms with E-state index in [0.29, 0.717) is 5.69 Å². The number of anilines is 1. The molecule has 204 valence electrons. The summed E-state index contributed by atoms with van der Waals surface area (Å²) in [5.74, 6) is -3.47. The smallest absolute Gasteiger partial charge is 0.475 e. The van der Waals surface area contributed by atoms with Crippen LogP contribution in [0.1, 0.15) is 5.69 Å². The summed E-state index contributed by atoms with van der Waals surface area (Å²) in [5.41, 5.74) is 9.88. The maximum absolute atomic E-state index is 12.7. The molecule has 0 radical (unpaired) electrons. The van der Waals surface area contributed by atoms with Gasteiger partial charge in [-0.2, -0.15) is 13.2 Å². The highest BCUT2D eigenvalue weighted by Crippen LogP contribution is 2.16. The summed E-state index contributed by atoms with van der Waals surface area (Å²) < 4.78 is 61.2. The van der Waals surface area contributed by atoms with Gasteiger partial charge in [-0.15, -0.1) is 0 Å². The van der Waals surface area contributed by atoms with E-state index >= 15 is 0 Å². The minimum atomic E-state index is -5.08. The summed E-state index contributed by atoms with van der Waals surface area (Å²) in [6, 6.07) is 9.07. The van der Waals surface area contributed by atoms with Crippen LogP contribution in [0.2, 0.25) is 0 Å². The predicted molar refractivity (Wildman–Crippen MR) is 134 cm³/mol. The molecule has 0 aliphatic heterocycles. The van der Waals surface area contributed by atoms with Crippen molar-refractivity contribution in [2.24, 2.45) is 16.6 Å². The Morgan fingerprint density at radius 3 is 2.24 bits per heavy atom.